The van der Waals surface area contributed by atoms with Gasteiger partial charge in [0.2, 0.25) is 11.9 Å². The number of hydrogen-bond donors (Lipinski definition) is 2. The minimum absolute atomic E-state index is 0.223. The Kier molecular flexibility index (Phi) is 7.49. The van der Waals surface area contributed by atoms with Crippen molar-refractivity contribution in [1.82, 2.24) is 9.97 Å². The number of nitrogens with one attached hydrogen (secondary N) is 2. The zero-order valence-electron chi connectivity index (χ0n) is 19.7. The van der Waals surface area contributed by atoms with E-state index in [1.54, 1.807) is 11.8 Å². The van der Waals surface area contributed by atoms with Gasteiger partial charge >= 0.3 is 0 Å². The van der Waals surface area contributed by atoms with Crippen LogP contribution in [0.4, 0.5) is 23.0 Å². The lowest BCUT2D eigenvalue weighted by molar-refractivity contribution is -0.111. The number of hydrogen-bond acceptors (Lipinski definition) is 7. The maximum absolute atomic E-state index is 11.6. The van der Waals surface area contributed by atoms with Gasteiger partial charge in [-0.05, 0) is 74.4 Å². The van der Waals surface area contributed by atoms with Crippen molar-refractivity contribution in [2.45, 2.75) is 30.7 Å². The summed E-state index contributed by atoms with van der Waals surface area (Å²) in [4.78, 5) is 24.3. The van der Waals surface area contributed by atoms with Crippen LogP contribution in [-0.4, -0.2) is 42.2 Å². The smallest absolute Gasteiger partial charge is 0.247 e. The Labute approximate surface area is 204 Å². The second-order valence-electron chi connectivity index (χ2n) is 8.19. The molecule has 0 bridgehead atoms. The van der Waals surface area contributed by atoms with Crippen LogP contribution in [0.25, 0.3) is 0 Å². The molecular weight excluding hydrogens is 446 g/mol. The first-order valence-electron chi connectivity index (χ1n) is 11.2. The molecule has 34 heavy (non-hydrogen) atoms. The summed E-state index contributed by atoms with van der Waals surface area (Å²) >= 11 is 1.60. The summed E-state index contributed by atoms with van der Waals surface area (Å²) in [6, 6.07) is 12.2. The Morgan fingerprint density at radius 3 is 2.38 bits per heavy atom. The van der Waals surface area contributed by atoms with E-state index in [1.807, 2.05) is 51.2 Å². The van der Waals surface area contributed by atoms with Crippen LogP contribution in [0.1, 0.15) is 16.7 Å². The first-order valence-corrected chi connectivity index (χ1v) is 12.0. The van der Waals surface area contributed by atoms with Crippen LogP contribution in [0.3, 0.4) is 0 Å². The van der Waals surface area contributed by atoms with Gasteiger partial charge in [0.15, 0.2) is 0 Å². The summed E-state index contributed by atoms with van der Waals surface area (Å²) in [5, 5.41) is 7.03. The second kappa shape index (κ2) is 10.7. The molecule has 1 aliphatic heterocycles. The number of carbonyl (C=O) groups is 1. The van der Waals surface area contributed by atoms with Gasteiger partial charge in [-0.25, -0.2) is 9.97 Å². The van der Waals surface area contributed by atoms with E-state index in [-0.39, 0.29) is 5.91 Å². The molecule has 4 rings (SSSR count). The zero-order valence-corrected chi connectivity index (χ0v) is 20.5. The van der Waals surface area contributed by atoms with Gasteiger partial charge in [-0.2, -0.15) is 0 Å². The number of morpholine rings is 1. The van der Waals surface area contributed by atoms with Crippen LogP contribution in [0, 0.1) is 20.8 Å². The van der Waals surface area contributed by atoms with Gasteiger partial charge in [0.05, 0.1) is 13.2 Å². The van der Waals surface area contributed by atoms with Crippen molar-refractivity contribution < 1.29 is 9.53 Å². The quantitative estimate of drug-likeness (QED) is 0.356. The topological polar surface area (TPSA) is 79.4 Å². The van der Waals surface area contributed by atoms with E-state index in [4.69, 9.17) is 9.72 Å². The van der Waals surface area contributed by atoms with E-state index in [1.165, 1.54) is 11.8 Å². The number of carbonyl (C=O) groups excluding carboxylic acids is 1. The van der Waals surface area contributed by atoms with Crippen LogP contribution < -0.4 is 15.5 Å². The molecule has 0 aliphatic carbocycles. The number of anilines is 4. The lowest BCUT2D eigenvalue weighted by Crippen LogP contribution is -2.36. The third-order valence-electron chi connectivity index (χ3n) is 5.54. The van der Waals surface area contributed by atoms with Crippen molar-refractivity contribution in [3.8, 4) is 0 Å². The number of aromatic nitrogens is 2. The molecule has 1 saturated heterocycles. The number of ether oxygens (including phenoxy) is 1. The highest BCUT2D eigenvalue weighted by molar-refractivity contribution is 7.99. The van der Waals surface area contributed by atoms with Gasteiger partial charge in [-0.3, -0.25) is 4.79 Å². The summed E-state index contributed by atoms with van der Waals surface area (Å²) in [5.41, 5.74) is 6.01. The predicted molar refractivity (Wildman–Crippen MR) is 138 cm³/mol. The standard InChI is InChI=1S/C26H29N5O2S/c1-5-23(32)28-21-14-17(2)24(18(3)15-21)34-25-19(4)16-27-26(30-25)29-20-6-8-22(9-7-20)31-10-12-33-13-11-31/h5-9,14-16H,1,10-13H2,2-4H3,(H,28,32)(H,27,29,30). The minimum atomic E-state index is -0.223. The molecule has 1 fully saturated rings. The maximum Gasteiger partial charge on any atom is 0.247 e. The van der Waals surface area contributed by atoms with Crippen molar-refractivity contribution in [3.05, 3.63) is 71.9 Å². The maximum atomic E-state index is 11.6. The average molecular weight is 476 g/mol. The molecule has 0 unspecified atom stereocenters. The summed E-state index contributed by atoms with van der Waals surface area (Å²) in [6.07, 6.45) is 3.10. The van der Waals surface area contributed by atoms with Crippen molar-refractivity contribution in [1.29, 1.82) is 0 Å². The van der Waals surface area contributed by atoms with Gasteiger partial charge in [0, 0.05) is 46.8 Å². The molecule has 0 radical (unpaired) electrons. The van der Waals surface area contributed by atoms with Crippen LogP contribution in [-0.2, 0) is 9.53 Å². The third-order valence-corrected chi connectivity index (χ3v) is 6.99. The van der Waals surface area contributed by atoms with E-state index >= 15 is 0 Å². The number of nitrogens with zero attached hydrogens (tertiary/aromatic N) is 3. The van der Waals surface area contributed by atoms with Gasteiger partial charge in [0.1, 0.15) is 5.03 Å². The van der Waals surface area contributed by atoms with Crippen molar-refractivity contribution in [2.75, 3.05) is 41.8 Å². The summed E-state index contributed by atoms with van der Waals surface area (Å²) in [7, 11) is 0. The second-order valence-corrected chi connectivity index (χ2v) is 9.19. The average Bonchev–Trinajstić information content (AvgIpc) is 2.84. The van der Waals surface area contributed by atoms with E-state index < -0.39 is 0 Å². The lowest BCUT2D eigenvalue weighted by Gasteiger charge is -2.28. The van der Waals surface area contributed by atoms with Crippen LogP contribution in [0.2, 0.25) is 0 Å². The molecule has 0 saturated carbocycles. The Balaban J connectivity index is 1.49. The Morgan fingerprint density at radius 1 is 1.06 bits per heavy atom. The fourth-order valence-electron chi connectivity index (χ4n) is 3.77. The van der Waals surface area contributed by atoms with Crippen LogP contribution >= 0.6 is 11.8 Å². The Morgan fingerprint density at radius 2 is 1.74 bits per heavy atom. The van der Waals surface area contributed by atoms with E-state index in [2.05, 4.69) is 39.2 Å². The molecule has 1 aliphatic rings. The normalized spacial score (nSPS) is 13.4. The fourth-order valence-corrected chi connectivity index (χ4v) is 4.75. The molecule has 1 aromatic heterocycles. The monoisotopic (exact) mass is 475 g/mol. The van der Waals surface area contributed by atoms with E-state index in [0.717, 1.165) is 64.3 Å². The van der Waals surface area contributed by atoms with Crippen molar-refractivity contribution >= 4 is 40.7 Å². The van der Waals surface area contributed by atoms with Crippen LogP contribution in [0.5, 0.6) is 0 Å². The van der Waals surface area contributed by atoms with E-state index in [0.29, 0.717) is 5.95 Å². The summed E-state index contributed by atoms with van der Waals surface area (Å²) in [6.45, 7) is 12.9. The van der Waals surface area contributed by atoms with Crippen LogP contribution in [0.15, 0.2) is 65.2 Å². The number of rotatable bonds is 7. The van der Waals surface area contributed by atoms with Gasteiger partial charge in [-0.15, -0.1) is 0 Å². The molecule has 8 heteroatoms. The SMILES string of the molecule is C=CC(=O)Nc1cc(C)c(Sc2nc(Nc3ccc(N4CCOCC4)cc3)ncc2C)c(C)c1. The molecule has 0 atom stereocenters. The molecule has 2 aromatic carbocycles. The third kappa shape index (κ3) is 5.76. The molecule has 1 amide bonds. The summed E-state index contributed by atoms with van der Waals surface area (Å²) in [5.74, 6) is 0.330. The van der Waals surface area contributed by atoms with Gasteiger partial charge < -0.3 is 20.3 Å². The molecule has 2 N–H and O–H groups in total. The lowest BCUT2D eigenvalue weighted by atomic mass is 10.1. The largest absolute Gasteiger partial charge is 0.378 e. The molecule has 0 spiro atoms. The highest BCUT2D eigenvalue weighted by atomic mass is 32.2. The van der Waals surface area contributed by atoms with Crippen molar-refractivity contribution in [3.63, 3.8) is 0 Å². The molecule has 7 nitrogen and oxygen atoms in total. The summed E-state index contributed by atoms with van der Waals surface area (Å²) < 4.78 is 5.43. The number of aryl methyl sites for hydroxylation is 3. The Hall–Kier alpha value is -3.36. The number of benzene rings is 2. The molecular formula is C26H29N5O2S. The first-order chi connectivity index (χ1) is 16.4. The highest BCUT2D eigenvalue weighted by Gasteiger charge is 2.13. The first kappa shape index (κ1) is 23.8. The minimum Gasteiger partial charge on any atom is -0.378 e. The van der Waals surface area contributed by atoms with Gasteiger partial charge in [-0.1, -0.05) is 18.3 Å². The zero-order chi connectivity index (χ0) is 24.1. The van der Waals surface area contributed by atoms with Crippen molar-refractivity contribution in [2.24, 2.45) is 0 Å². The van der Waals surface area contributed by atoms with Gasteiger partial charge in [0.25, 0.3) is 0 Å². The van der Waals surface area contributed by atoms with E-state index in [9.17, 15) is 4.79 Å². The molecule has 176 valence electrons. The molecule has 3 aromatic rings. The fraction of sp³-hybridized carbons (Fsp3) is 0.269. The highest BCUT2D eigenvalue weighted by Crippen LogP contribution is 2.36. The Bertz CT molecular complexity index is 1170. The number of amides is 1. The predicted octanol–water partition coefficient (Wildman–Crippen LogP) is 5.26. The molecule has 2 heterocycles.